The number of benzene rings is 1. The van der Waals surface area contributed by atoms with E-state index >= 15 is 0 Å². The van der Waals surface area contributed by atoms with Gasteiger partial charge < -0.3 is 0 Å². The average molecular weight is 313 g/mol. The predicted octanol–water partition coefficient (Wildman–Crippen LogP) is 1.41. The smallest absolute Gasteiger partial charge is 0.269 e. The van der Waals surface area contributed by atoms with Crippen LogP contribution >= 0.6 is 15.9 Å². The van der Waals surface area contributed by atoms with Crippen LogP contribution in [0.2, 0.25) is 0 Å². The van der Waals surface area contributed by atoms with E-state index in [2.05, 4.69) is 21.2 Å². The number of non-ortho nitro benzene ring substituents is 1. The van der Waals surface area contributed by atoms with E-state index in [4.69, 9.17) is 0 Å². The summed E-state index contributed by atoms with van der Waals surface area (Å²) in [6.45, 7) is 1.74. The Morgan fingerprint density at radius 2 is 2.00 bits per heavy atom. The lowest BCUT2D eigenvalue weighted by molar-refractivity contribution is -0.384. The molecule has 2 unspecified atom stereocenters. The molecule has 0 saturated carbocycles. The second kappa shape index (κ2) is 4.49. The van der Waals surface area contributed by atoms with E-state index in [9.17, 15) is 19.7 Å². The second-order valence-electron chi connectivity index (χ2n) is 4.03. The number of nitrogens with zero attached hydrogens (tertiary/aromatic N) is 1. The first kappa shape index (κ1) is 12.7. The molecule has 1 heterocycles. The number of amides is 2. The van der Waals surface area contributed by atoms with Crippen molar-refractivity contribution in [3.63, 3.8) is 0 Å². The fourth-order valence-corrected chi connectivity index (χ4v) is 2.57. The van der Waals surface area contributed by atoms with Gasteiger partial charge in [0.15, 0.2) is 0 Å². The highest BCUT2D eigenvalue weighted by molar-refractivity contribution is 9.10. The zero-order chi connectivity index (χ0) is 13.4. The summed E-state index contributed by atoms with van der Waals surface area (Å²) in [6, 6.07) is 4.28. The third-order valence-corrected chi connectivity index (χ3v) is 3.83. The molecule has 1 N–H and O–H groups in total. The highest BCUT2D eigenvalue weighted by atomic mass is 79.9. The van der Waals surface area contributed by atoms with Gasteiger partial charge in [-0.15, -0.1) is 0 Å². The Bertz CT molecular complexity index is 558. The third kappa shape index (κ3) is 2.01. The molecule has 1 aliphatic heterocycles. The molecule has 1 saturated heterocycles. The zero-order valence-electron chi connectivity index (χ0n) is 9.34. The van der Waals surface area contributed by atoms with Crippen LogP contribution in [0.3, 0.4) is 0 Å². The van der Waals surface area contributed by atoms with Crippen molar-refractivity contribution in [3.05, 3.63) is 39.4 Å². The van der Waals surface area contributed by atoms with E-state index in [-0.39, 0.29) is 5.69 Å². The molecular formula is C11H9BrN2O4. The number of nitrogens with one attached hydrogen (secondary N) is 1. The number of halogens is 1. The van der Waals surface area contributed by atoms with Crippen molar-refractivity contribution in [1.29, 1.82) is 0 Å². The molecule has 0 aromatic heterocycles. The molecule has 6 nitrogen and oxygen atoms in total. The van der Waals surface area contributed by atoms with Crippen LogP contribution < -0.4 is 5.32 Å². The summed E-state index contributed by atoms with van der Waals surface area (Å²) in [4.78, 5) is 32.6. The minimum Gasteiger partial charge on any atom is -0.295 e. The van der Waals surface area contributed by atoms with Crippen molar-refractivity contribution < 1.29 is 14.5 Å². The minimum absolute atomic E-state index is 0.0950. The summed E-state index contributed by atoms with van der Waals surface area (Å²) in [7, 11) is 0. The molecule has 0 spiro atoms. The number of aryl methyl sites for hydroxylation is 1. The first-order chi connectivity index (χ1) is 8.41. The summed E-state index contributed by atoms with van der Waals surface area (Å²) in [5.74, 6) is -1.58. The molecule has 0 aliphatic carbocycles. The van der Waals surface area contributed by atoms with Crippen molar-refractivity contribution in [3.8, 4) is 0 Å². The molecule has 0 bridgehead atoms. The fourth-order valence-electron chi connectivity index (χ4n) is 1.93. The molecule has 7 heteroatoms. The van der Waals surface area contributed by atoms with Gasteiger partial charge in [0.05, 0.1) is 10.8 Å². The lowest BCUT2D eigenvalue weighted by Gasteiger charge is -2.12. The maximum Gasteiger partial charge on any atom is 0.269 e. The summed E-state index contributed by atoms with van der Waals surface area (Å²) in [6.07, 6.45) is 0. The number of alkyl halides is 1. The molecule has 2 amide bonds. The van der Waals surface area contributed by atoms with Gasteiger partial charge in [0.2, 0.25) is 11.8 Å². The van der Waals surface area contributed by atoms with Gasteiger partial charge in [-0.25, -0.2) is 0 Å². The molecule has 2 atom stereocenters. The first-order valence-electron chi connectivity index (χ1n) is 5.15. The Morgan fingerprint density at radius 1 is 1.33 bits per heavy atom. The van der Waals surface area contributed by atoms with Gasteiger partial charge >= 0.3 is 0 Å². The lowest BCUT2D eigenvalue weighted by atomic mass is 9.93. The number of rotatable bonds is 2. The van der Waals surface area contributed by atoms with E-state index in [1.54, 1.807) is 13.0 Å². The summed E-state index contributed by atoms with van der Waals surface area (Å²) >= 11 is 3.14. The van der Waals surface area contributed by atoms with Crippen LogP contribution in [0.1, 0.15) is 17.0 Å². The average Bonchev–Trinajstić information content (AvgIpc) is 2.54. The normalized spacial score (nSPS) is 23.0. The molecule has 0 radical (unpaired) electrons. The summed E-state index contributed by atoms with van der Waals surface area (Å²) in [5, 5.41) is 12.9. The molecule has 18 heavy (non-hydrogen) atoms. The Hall–Kier alpha value is -1.76. The van der Waals surface area contributed by atoms with Gasteiger partial charge in [-0.3, -0.25) is 25.0 Å². The standard InChI is InChI=1S/C11H9BrN2O4/c1-5-2-3-6(14(17)18)4-7(5)8-9(12)11(16)13-10(8)15/h2-4,8-9H,1H3,(H,13,15,16). The monoisotopic (exact) mass is 312 g/mol. The maximum atomic E-state index is 11.7. The van der Waals surface area contributed by atoms with Crippen LogP contribution in [-0.2, 0) is 9.59 Å². The molecule has 1 aliphatic rings. The van der Waals surface area contributed by atoms with Crippen LogP contribution in [0, 0.1) is 17.0 Å². The van der Waals surface area contributed by atoms with Gasteiger partial charge in [0, 0.05) is 12.1 Å². The van der Waals surface area contributed by atoms with Crippen molar-refractivity contribution in [1.82, 2.24) is 5.32 Å². The second-order valence-corrected chi connectivity index (χ2v) is 5.02. The van der Waals surface area contributed by atoms with E-state index in [1.807, 2.05) is 0 Å². The van der Waals surface area contributed by atoms with Gasteiger partial charge in [0.1, 0.15) is 4.83 Å². The number of carbonyl (C=O) groups excluding carboxylic acids is 2. The van der Waals surface area contributed by atoms with Gasteiger partial charge in [-0.2, -0.15) is 0 Å². The molecular weight excluding hydrogens is 304 g/mol. The van der Waals surface area contributed by atoms with Crippen LogP contribution in [0.5, 0.6) is 0 Å². The zero-order valence-corrected chi connectivity index (χ0v) is 10.9. The van der Waals surface area contributed by atoms with E-state index in [0.29, 0.717) is 5.56 Å². The lowest BCUT2D eigenvalue weighted by Crippen LogP contribution is -2.22. The van der Waals surface area contributed by atoms with Gasteiger partial charge in [-0.1, -0.05) is 22.0 Å². The number of nitro groups is 1. The van der Waals surface area contributed by atoms with Crippen molar-refractivity contribution in [2.45, 2.75) is 17.7 Å². The number of hydrogen-bond donors (Lipinski definition) is 1. The largest absolute Gasteiger partial charge is 0.295 e. The summed E-state index contributed by atoms with van der Waals surface area (Å²) in [5.41, 5.74) is 1.14. The molecule has 2 rings (SSSR count). The fraction of sp³-hybridized carbons (Fsp3) is 0.273. The van der Waals surface area contributed by atoms with Gasteiger partial charge in [0.25, 0.3) is 5.69 Å². The Labute approximate surface area is 111 Å². The molecule has 1 aromatic rings. The number of imide groups is 1. The maximum absolute atomic E-state index is 11.7. The number of hydrogen-bond acceptors (Lipinski definition) is 4. The van der Waals surface area contributed by atoms with Crippen LogP contribution in [0.15, 0.2) is 18.2 Å². The summed E-state index contributed by atoms with van der Waals surface area (Å²) < 4.78 is 0. The Morgan fingerprint density at radius 3 is 2.50 bits per heavy atom. The van der Waals surface area contributed by atoms with E-state index in [1.165, 1.54) is 12.1 Å². The van der Waals surface area contributed by atoms with Crippen LogP contribution in [-0.4, -0.2) is 21.6 Å². The first-order valence-corrected chi connectivity index (χ1v) is 6.07. The van der Waals surface area contributed by atoms with Gasteiger partial charge in [-0.05, 0) is 18.1 Å². The molecule has 1 fully saturated rings. The van der Waals surface area contributed by atoms with Crippen LogP contribution in [0.25, 0.3) is 0 Å². The third-order valence-electron chi connectivity index (χ3n) is 2.88. The molecule has 1 aromatic carbocycles. The quantitative estimate of drug-likeness (QED) is 0.387. The van der Waals surface area contributed by atoms with Crippen LogP contribution in [0.4, 0.5) is 5.69 Å². The van der Waals surface area contributed by atoms with E-state index in [0.717, 1.165) is 5.56 Å². The van der Waals surface area contributed by atoms with Crippen molar-refractivity contribution in [2.24, 2.45) is 0 Å². The predicted molar refractivity (Wildman–Crippen MR) is 66.4 cm³/mol. The minimum atomic E-state index is -0.725. The molecule has 94 valence electrons. The topological polar surface area (TPSA) is 89.3 Å². The van der Waals surface area contributed by atoms with Crippen molar-refractivity contribution >= 4 is 33.4 Å². The van der Waals surface area contributed by atoms with E-state index < -0.39 is 27.5 Å². The van der Waals surface area contributed by atoms with Crippen molar-refractivity contribution in [2.75, 3.05) is 0 Å². The Kier molecular flexibility index (Phi) is 3.16. The number of nitro benzene ring substituents is 1. The highest BCUT2D eigenvalue weighted by Gasteiger charge is 2.42. The highest BCUT2D eigenvalue weighted by Crippen LogP contribution is 2.33. The number of carbonyl (C=O) groups is 2. The SMILES string of the molecule is Cc1ccc([N+](=O)[O-])cc1C1C(=O)NC(=O)C1Br. The Balaban J connectivity index is 2.50.